The van der Waals surface area contributed by atoms with Gasteiger partial charge in [-0.15, -0.1) is 0 Å². The molecule has 1 aliphatic rings. The Balaban J connectivity index is 2.08. The summed E-state index contributed by atoms with van der Waals surface area (Å²) in [5, 5.41) is 5.48. The molecule has 2 bridgehead atoms. The summed E-state index contributed by atoms with van der Waals surface area (Å²) in [6, 6.07) is 11.6. The van der Waals surface area contributed by atoms with Crippen LogP contribution in [-0.4, -0.2) is 62.5 Å². The maximum absolute atomic E-state index is 13.2. The van der Waals surface area contributed by atoms with Crippen LogP contribution in [0, 0.1) is 0 Å². The van der Waals surface area contributed by atoms with Crippen molar-refractivity contribution in [2.45, 2.75) is 31.8 Å². The quantitative estimate of drug-likeness (QED) is 0.748. The van der Waals surface area contributed by atoms with Crippen LogP contribution in [0.3, 0.4) is 0 Å². The standard InChI is InChI=1S/C24H29N3O5/c1-15-14-32-21-10-8-18(31-4)13-19(21)16-6-5-7-17(12-16)24(30)27(3)20(23(29)25-2)9-11-22(28)26-15/h5-8,10,12-13,15,20H,9,11,14H2,1-4H3,(H,25,29)(H,26,28)/t15-,20+/m1/s1. The molecule has 0 aliphatic carbocycles. The summed E-state index contributed by atoms with van der Waals surface area (Å²) < 4.78 is 11.4. The number of amides is 3. The molecule has 0 aromatic heterocycles. The van der Waals surface area contributed by atoms with Gasteiger partial charge in [0.05, 0.1) is 13.2 Å². The van der Waals surface area contributed by atoms with Crippen LogP contribution in [-0.2, 0) is 9.59 Å². The Morgan fingerprint density at radius 1 is 1.19 bits per heavy atom. The number of rotatable bonds is 2. The molecule has 3 amide bonds. The fraction of sp³-hybridized carbons (Fsp3) is 0.375. The Morgan fingerprint density at radius 3 is 2.66 bits per heavy atom. The normalized spacial score (nSPS) is 19.6. The molecule has 0 radical (unpaired) electrons. The van der Waals surface area contributed by atoms with Gasteiger partial charge >= 0.3 is 0 Å². The second-order valence-corrected chi connectivity index (χ2v) is 7.81. The Kier molecular flexibility index (Phi) is 7.35. The van der Waals surface area contributed by atoms with E-state index in [0.29, 0.717) is 17.1 Å². The number of nitrogens with one attached hydrogen (secondary N) is 2. The number of methoxy groups -OCH3 is 1. The third-order valence-corrected chi connectivity index (χ3v) is 5.49. The average molecular weight is 440 g/mol. The predicted octanol–water partition coefficient (Wildman–Crippen LogP) is 2.23. The molecule has 8 heteroatoms. The molecule has 0 saturated heterocycles. The van der Waals surface area contributed by atoms with Crippen LogP contribution in [0.25, 0.3) is 11.1 Å². The van der Waals surface area contributed by atoms with Gasteiger partial charge in [0.15, 0.2) is 0 Å². The van der Waals surface area contributed by atoms with Gasteiger partial charge in [-0.05, 0) is 49.2 Å². The minimum absolute atomic E-state index is 0.105. The van der Waals surface area contributed by atoms with Gasteiger partial charge < -0.3 is 25.0 Å². The van der Waals surface area contributed by atoms with Crippen molar-refractivity contribution in [2.75, 3.05) is 27.8 Å². The van der Waals surface area contributed by atoms with Gasteiger partial charge in [-0.3, -0.25) is 14.4 Å². The monoisotopic (exact) mass is 439 g/mol. The van der Waals surface area contributed by atoms with Crippen molar-refractivity contribution >= 4 is 17.7 Å². The van der Waals surface area contributed by atoms with Gasteiger partial charge in [-0.2, -0.15) is 0 Å². The average Bonchev–Trinajstić information content (AvgIpc) is 2.81. The molecule has 0 saturated carbocycles. The number of carbonyl (C=O) groups is 3. The van der Waals surface area contributed by atoms with Crippen LogP contribution in [0.15, 0.2) is 42.5 Å². The van der Waals surface area contributed by atoms with E-state index >= 15 is 0 Å². The highest BCUT2D eigenvalue weighted by Gasteiger charge is 2.28. The summed E-state index contributed by atoms with van der Waals surface area (Å²) in [5.41, 5.74) is 1.97. The molecule has 1 aliphatic heterocycles. The Morgan fingerprint density at radius 2 is 1.94 bits per heavy atom. The first-order valence-corrected chi connectivity index (χ1v) is 10.5. The molecule has 2 aromatic carbocycles. The fourth-order valence-corrected chi connectivity index (χ4v) is 3.69. The van der Waals surface area contributed by atoms with E-state index in [1.807, 2.05) is 25.1 Å². The van der Waals surface area contributed by atoms with Gasteiger partial charge in [0.25, 0.3) is 5.91 Å². The predicted molar refractivity (Wildman–Crippen MR) is 121 cm³/mol. The van der Waals surface area contributed by atoms with Gasteiger partial charge in [0.2, 0.25) is 11.8 Å². The molecule has 0 unspecified atom stereocenters. The molecule has 2 aromatic rings. The molecule has 170 valence electrons. The smallest absolute Gasteiger partial charge is 0.254 e. The van der Waals surface area contributed by atoms with E-state index in [0.717, 1.165) is 11.1 Å². The molecule has 32 heavy (non-hydrogen) atoms. The largest absolute Gasteiger partial charge is 0.497 e. The molecule has 0 fully saturated rings. The van der Waals surface area contributed by atoms with Crippen molar-refractivity contribution in [1.82, 2.24) is 15.5 Å². The maximum Gasteiger partial charge on any atom is 0.254 e. The minimum Gasteiger partial charge on any atom is -0.497 e. The van der Waals surface area contributed by atoms with E-state index in [9.17, 15) is 14.4 Å². The highest BCUT2D eigenvalue weighted by molar-refractivity contribution is 5.98. The number of nitrogens with zero attached hydrogens (tertiary/aromatic N) is 1. The minimum atomic E-state index is -0.772. The molecule has 2 atom stereocenters. The van der Waals surface area contributed by atoms with Crippen molar-refractivity contribution < 1.29 is 23.9 Å². The lowest BCUT2D eigenvalue weighted by molar-refractivity contribution is -0.126. The Hall–Kier alpha value is -3.55. The van der Waals surface area contributed by atoms with Gasteiger partial charge in [-0.25, -0.2) is 0 Å². The summed E-state index contributed by atoms with van der Waals surface area (Å²) in [6.45, 7) is 2.12. The second kappa shape index (κ2) is 10.2. The SMILES string of the molecule is CNC(=O)[C@@H]1CCC(=O)N[C@H](C)COc2ccc(OC)cc2-c2cccc(c2)C(=O)N1C. The van der Waals surface area contributed by atoms with E-state index in [2.05, 4.69) is 10.6 Å². The molecule has 2 N–H and O–H groups in total. The summed E-state index contributed by atoms with van der Waals surface area (Å²) in [6.07, 6.45) is 0.312. The highest BCUT2D eigenvalue weighted by atomic mass is 16.5. The summed E-state index contributed by atoms with van der Waals surface area (Å²) in [4.78, 5) is 39.5. The van der Waals surface area contributed by atoms with Gasteiger partial charge in [0, 0.05) is 31.6 Å². The van der Waals surface area contributed by atoms with E-state index in [1.165, 1.54) is 11.9 Å². The van der Waals surface area contributed by atoms with Crippen LogP contribution in [0.4, 0.5) is 0 Å². The Labute approximate surface area is 187 Å². The summed E-state index contributed by atoms with van der Waals surface area (Å²) in [5.74, 6) is 0.430. The first kappa shape index (κ1) is 23.1. The van der Waals surface area contributed by atoms with Gasteiger partial charge in [0.1, 0.15) is 24.1 Å². The zero-order valence-electron chi connectivity index (χ0n) is 18.8. The number of hydrogen-bond acceptors (Lipinski definition) is 5. The first-order chi connectivity index (χ1) is 15.3. The number of hydrogen-bond donors (Lipinski definition) is 2. The van der Waals surface area contributed by atoms with E-state index in [1.54, 1.807) is 38.4 Å². The van der Waals surface area contributed by atoms with Gasteiger partial charge in [-0.1, -0.05) is 12.1 Å². The van der Waals surface area contributed by atoms with E-state index < -0.39 is 6.04 Å². The topological polar surface area (TPSA) is 97.0 Å². The second-order valence-electron chi connectivity index (χ2n) is 7.81. The number of ether oxygens (including phenoxy) is 2. The van der Waals surface area contributed by atoms with Crippen molar-refractivity contribution in [3.63, 3.8) is 0 Å². The van der Waals surface area contributed by atoms with Crippen molar-refractivity contribution in [3.05, 3.63) is 48.0 Å². The first-order valence-electron chi connectivity index (χ1n) is 10.5. The van der Waals surface area contributed by atoms with E-state index in [-0.39, 0.29) is 43.2 Å². The van der Waals surface area contributed by atoms with E-state index in [4.69, 9.17) is 9.47 Å². The zero-order chi connectivity index (χ0) is 23.3. The van der Waals surface area contributed by atoms with Crippen LogP contribution >= 0.6 is 0 Å². The lowest BCUT2D eigenvalue weighted by atomic mass is 10.0. The zero-order valence-corrected chi connectivity index (χ0v) is 18.8. The van der Waals surface area contributed by atoms with Crippen LogP contribution in [0.2, 0.25) is 0 Å². The lowest BCUT2D eigenvalue weighted by Gasteiger charge is -2.27. The molecule has 0 spiro atoms. The van der Waals surface area contributed by atoms with Crippen LogP contribution in [0.1, 0.15) is 30.1 Å². The number of carbonyl (C=O) groups excluding carboxylic acids is 3. The van der Waals surface area contributed by atoms with Crippen molar-refractivity contribution in [3.8, 4) is 22.6 Å². The number of benzene rings is 2. The molecule has 3 rings (SSSR count). The fourth-order valence-electron chi connectivity index (χ4n) is 3.69. The summed E-state index contributed by atoms with van der Waals surface area (Å²) >= 11 is 0. The molecular weight excluding hydrogens is 410 g/mol. The third-order valence-electron chi connectivity index (χ3n) is 5.49. The number of likely N-dealkylation sites (N-methyl/N-ethyl adjacent to an activating group) is 2. The Bertz CT molecular complexity index is 1010. The third kappa shape index (κ3) is 5.19. The van der Waals surface area contributed by atoms with Crippen LogP contribution in [0.5, 0.6) is 11.5 Å². The molecule has 8 nitrogen and oxygen atoms in total. The van der Waals surface area contributed by atoms with Crippen LogP contribution < -0.4 is 20.1 Å². The molecule has 1 heterocycles. The summed E-state index contributed by atoms with van der Waals surface area (Å²) in [7, 11) is 4.68. The molecular formula is C24H29N3O5. The van der Waals surface area contributed by atoms with Crippen molar-refractivity contribution in [1.29, 1.82) is 0 Å². The number of fused-ring (bicyclic) bond motifs is 4. The van der Waals surface area contributed by atoms with Crippen molar-refractivity contribution in [2.24, 2.45) is 0 Å². The lowest BCUT2D eigenvalue weighted by Crippen LogP contribution is -2.47. The maximum atomic E-state index is 13.2. The highest BCUT2D eigenvalue weighted by Crippen LogP contribution is 2.34.